The van der Waals surface area contributed by atoms with E-state index >= 15 is 0 Å². The van der Waals surface area contributed by atoms with E-state index in [1.807, 2.05) is 30.3 Å². The Hall–Kier alpha value is -4.15. The van der Waals surface area contributed by atoms with E-state index in [1.165, 1.54) is 11.9 Å². The summed E-state index contributed by atoms with van der Waals surface area (Å²) in [6, 6.07) is 18.5. The minimum absolute atomic E-state index is 0.0566. The lowest BCUT2D eigenvalue weighted by Crippen LogP contribution is -2.35. The number of carbonyl (C=O) groups is 1. The number of nitrogens with zero attached hydrogens (tertiary/aromatic N) is 3. The molecule has 1 atom stereocenters. The molecular formula is C32H37N5O4S. The molecule has 3 N–H and O–H groups in total. The molecule has 0 aliphatic rings. The summed E-state index contributed by atoms with van der Waals surface area (Å²) < 4.78 is 14.8. The van der Waals surface area contributed by atoms with Crippen molar-refractivity contribution in [1.29, 1.82) is 0 Å². The van der Waals surface area contributed by atoms with Crippen LogP contribution in [0.3, 0.4) is 0 Å². The Kier molecular flexibility index (Phi) is 10.7. The second-order valence-electron chi connectivity index (χ2n) is 10.4. The fourth-order valence-electron chi connectivity index (χ4n) is 4.58. The Morgan fingerprint density at radius 2 is 1.79 bits per heavy atom. The molecule has 0 saturated heterocycles. The summed E-state index contributed by atoms with van der Waals surface area (Å²) in [5.41, 5.74) is 5.05. The number of carboxylic acids is 1. The molecule has 10 heteroatoms. The highest BCUT2D eigenvalue weighted by Gasteiger charge is 2.16. The molecule has 0 spiro atoms. The van der Waals surface area contributed by atoms with Crippen LogP contribution in [0.5, 0.6) is 11.6 Å². The van der Waals surface area contributed by atoms with Crippen molar-refractivity contribution < 1.29 is 19.4 Å². The first-order valence-electron chi connectivity index (χ1n) is 13.8. The van der Waals surface area contributed by atoms with Gasteiger partial charge in [0, 0.05) is 41.4 Å². The quantitative estimate of drug-likeness (QED) is 0.140. The lowest BCUT2D eigenvalue weighted by molar-refractivity contribution is 0.0696. The smallest absolute Gasteiger partial charge is 0.335 e. The van der Waals surface area contributed by atoms with Crippen LogP contribution in [0.15, 0.2) is 71.8 Å². The summed E-state index contributed by atoms with van der Waals surface area (Å²) in [4.78, 5) is 26.0. The number of hydrogen-bond donors (Lipinski definition) is 3. The molecule has 0 saturated carbocycles. The first-order chi connectivity index (χ1) is 20.2. The van der Waals surface area contributed by atoms with Gasteiger partial charge in [-0.15, -0.1) is 0 Å². The fraction of sp³-hybridized carbons (Fsp3) is 0.312. The van der Waals surface area contributed by atoms with Crippen LogP contribution in [0.4, 0.5) is 5.95 Å². The molecule has 2 aromatic heterocycles. The van der Waals surface area contributed by atoms with Crippen molar-refractivity contribution in [1.82, 2.24) is 20.3 Å². The van der Waals surface area contributed by atoms with Crippen LogP contribution < -0.4 is 19.5 Å². The van der Waals surface area contributed by atoms with Gasteiger partial charge in [-0.25, -0.2) is 9.78 Å². The topological polar surface area (TPSA) is 118 Å². The highest BCUT2D eigenvalue weighted by molar-refractivity contribution is 8.00. The normalized spacial score (nSPS) is 11.8. The molecule has 42 heavy (non-hydrogen) atoms. The highest BCUT2D eigenvalue weighted by atomic mass is 32.2. The van der Waals surface area contributed by atoms with Crippen LogP contribution in [0, 0.1) is 19.8 Å². The first kappa shape index (κ1) is 30.8. The van der Waals surface area contributed by atoms with Crippen LogP contribution in [-0.4, -0.2) is 45.8 Å². The van der Waals surface area contributed by atoms with Crippen LogP contribution in [0.25, 0.3) is 11.3 Å². The highest BCUT2D eigenvalue weighted by Crippen LogP contribution is 2.30. The van der Waals surface area contributed by atoms with Gasteiger partial charge in [0.25, 0.3) is 0 Å². The minimum atomic E-state index is -0.979. The van der Waals surface area contributed by atoms with Gasteiger partial charge in [0.1, 0.15) is 12.4 Å². The largest absolute Gasteiger partial charge is 0.497 e. The maximum absolute atomic E-state index is 11.4. The van der Waals surface area contributed by atoms with Crippen molar-refractivity contribution in [2.24, 2.45) is 5.92 Å². The number of aryl methyl sites for hydroxylation is 2. The Balaban J connectivity index is 1.56. The third-order valence-corrected chi connectivity index (χ3v) is 7.34. The van der Waals surface area contributed by atoms with Crippen molar-refractivity contribution in [2.45, 2.75) is 51.6 Å². The molecule has 9 nitrogen and oxygen atoms in total. The summed E-state index contributed by atoms with van der Waals surface area (Å²) in [6.07, 6.45) is 2.64. The average Bonchev–Trinajstić information content (AvgIpc) is 2.97. The van der Waals surface area contributed by atoms with Gasteiger partial charge in [0.15, 0.2) is 0 Å². The number of ether oxygens (including phenoxy) is 2. The third-order valence-electron chi connectivity index (χ3n) is 6.56. The maximum Gasteiger partial charge on any atom is 0.335 e. The number of aromatic nitrogens is 3. The number of benzene rings is 2. The Bertz CT molecular complexity index is 1490. The second-order valence-corrected chi connectivity index (χ2v) is 11.3. The molecule has 0 fully saturated rings. The Labute approximate surface area is 251 Å². The zero-order valence-electron chi connectivity index (χ0n) is 24.5. The van der Waals surface area contributed by atoms with E-state index in [4.69, 9.17) is 14.5 Å². The van der Waals surface area contributed by atoms with E-state index in [-0.39, 0.29) is 11.6 Å². The zero-order valence-corrected chi connectivity index (χ0v) is 25.4. The van der Waals surface area contributed by atoms with E-state index in [9.17, 15) is 9.90 Å². The monoisotopic (exact) mass is 587 g/mol. The van der Waals surface area contributed by atoms with Gasteiger partial charge in [0.2, 0.25) is 11.8 Å². The van der Waals surface area contributed by atoms with E-state index in [0.717, 1.165) is 45.1 Å². The predicted molar refractivity (Wildman–Crippen MR) is 166 cm³/mol. The van der Waals surface area contributed by atoms with Gasteiger partial charge in [-0.1, -0.05) is 38.1 Å². The van der Waals surface area contributed by atoms with Crippen molar-refractivity contribution in [2.75, 3.05) is 18.4 Å². The standard InChI is InChI=1S/C32H37N5O4S/c1-20(2)14-25(34-18-24-16-26(40-5)12-13-33-24)19-41-29-17-28(30-21(3)8-6-9-22(30)4)35-32(36-29)37-42-27-11-7-10-23(15-27)31(38)39/h6-13,15-17,20,25,34H,14,18-19H2,1-5H3,(H,38,39)(H,35,36,37)/t25-/m1/s1. The molecule has 2 aromatic carbocycles. The molecule has 0 amide bonds. The van der Waals surface area contributed by atoms with Crippen molar-refractivity contribution in [3.8, 4) is 22.9 Å². The molecule has 0 aliphatic carbocycles. The van der Waals surface area contributed by atoms with E-state index in [1.54, 1.807) is 31.5 Å². The number of methoxy groups -OCH3 is 1. The van der Waals surface area contributed by atoms with E-state index < -0.39 is 5.97 Å². The van der Waals surface area contributed by atoms with Crippen LogP contribution in [0.2, 0.25) is 0 Å². The van der Waals surface area contributed by atoms with E-state index in [0.29, 0.717) is 30.9 Å². The maximum atomic E-state index is 11.4. The first-order valence-corrected chi connectivity index (χ1v) is 14.6. The molecule has 0 unspecified atom stereocenters. The summed E-state index contributed by atoms with van der Waals surface area (Å²) >= 11 is 1.24. The van der Waals surface area contributed by atoms with Gasteiger partial charge in [-0.2, -0.15) is 4.98 Å². The van der Waals surface area contributed by atoms with Crippen molar-refractivity contribution in [3.63, 3.8) is 0 Å². The average molecular weight is 588 g/mol. The number of rotatable bonds is 14. The molecule has 4 aromatic rings. The van der Waals surface area contributed by atoms with Crippen LogP contribution in [0.1, 0.15) is 47.4 Å². The SMILES string of the molecule is COc1ccnc(CN[C@@H](COc2cc(-c3c(C)cccc3C)nc(NSc3cccc(C(=O)O)c3)n2)CC(C)C)c1. The Morgan fingerprint density at radius 1 is 1.02 bits per heavy atom. The van der Waals surface area contributed by atoms with Gasteiger partial charge in [-0.05, 0) is 73.5 Å². The van der Waals surface area contributed by atoms with Crippen molar-refractivity contribution >= 4 is 23.9 Å². The van der Waals surface area contributed by atoms with Gasteiger partial charge >= 0.3 is 5.97 Å². The third kappa shape index (κ3) is 8.67. The number of aromatic carboxylic acids is 1. The number of anilines is 1. The number of carboxylic acid groups (broad SMARTS) is 1. The van der Waals surface area contributed by atoms with Gasteiger partial charge < -0.3 is 19.9 Å². The fourth-order valence-corrected chi connectivity index (χ4v) is 5.22. The summed E-state index contributed by atoms with van der Waals surface area (Å²) in [5, 5.41) is 12.9. The summed E-state index contributed by atoms with van der Waals surface area (Å²) in [5.74, 6) is 1.05. The molecule has 2 heterocycles. The molecule has 0 bridgehead atoms. The molecule has 0 radical (unpaired) electrons. The number of pyridine rings is 1. The molecule has 4 rings (SSSR count). The van der Waals surface area contributed by atoms with Gasteiger partial charge in [0.05, 0.1) is 24.1 Å². The predicted octanol–water partition coefficient (Wildman–Crippen LogP) is 6.56. The van der Waals surface area contributed by atoms with Gasteiger partial charge in [-0.3, -0.25) is 9.71 Å². The van der Waals surface area contributed by atoms with Crippen LogP contribution in [-0.2, 0) is 6.54 Å². The number of hydrogen-bond acceptors (Lipinski definition) is 9. The molecule has 0 aliphatic heterocycles. The van der Waals surface area contributed by atoms with Crippen molar-refractivity contribution in [3.05, 3.63) is 89.2 Å². The van der Waals surface area contributed by atoms with Crippen LogP contribution >= 0.6 is 11.9 Å². The number of nitrogens with one attached hydrogen (secondary N) is 2. The zero-order chi connectivity index (χ0) is 30.1. The Morgan fingerprint density at radius 3 is 2.50 bits per heavy atom. The molecular weight excluding hydrogens is 550 g/mol. The second kappa shape index (κ2) is 14.7. The minimum Gasteiger partial charge on any atom is -0.497 e. The van der Waals surface area contributed by atoms with E-state index in [2.05, 4.69) is 59.8 Å². The summed E-state index contributed by atoms with van der Waals surface area (Å²) in [7, 11) is 1.64. The summed E-state index contributed by atoms with van der Waals surface area (Å²) in [6.45, 7) is 9.45. The molecule has 220 valence electrons. The lowest BCUT2D eigenvalue weighted by Gasteiger charge is -2.21. The lowest BCUT2D eigenvalue weighted by atomic mass is 10.00.